The summed E-state index contributed by atoms with van der Waals surface area (Å²) < 4.78 is 6.39. The molecule has 0 spiro atoms. The average molecular weight is 503 g/mol. The minimum atomic E-state index is -0.868. The quantitative estimate of drug-likeness (QED) is 0.292. The number of nitrogens with one attached hydrogen (secondary N) is 3. The zero-order valence-corrected chi connectivity index (χ0v) is 20.1. The van der Waals surface area contributed by atoms with Crippen LogP contribution in [0.25, 0.3) is 0 Å². The van der Waals surface area contributed by atoms with Crippen LogP contribution in [0, 0.1) is 19.8 Å². The zero-order chi connectivity index (χ0) is 23.7. The highest BCUT2D eigenvalue weighted by molar-refractivity contribution is 9.10. The van der Waals surface area contributed by atoms with Crippen LogP contribution in [0.4, 0.5) is 5.69 Å². The summed E-state index contributed by atoms with van der Waals surface area (Å²) in [7, 11) is 0. The van der Waals surface area contributed by atoms with Crippen molar-refractivity contribution in [2.75, 3.05) is 18.5 Å². The molecule has 0 radical (unpaired) electrons. The van der Waals surface area contributed by atoms with Gasteiger partial charge in [-0.25, -0.2) is 5.43 Å². The van der Waals surface area contributed by atoms with Crippen LogP contribution in [-0.4, -0.2) is 37.1 Å². The van der Waals surface area contributed by atoms with Crippen molar-refractivity contribution in [3.05, 3.63) is 57.6 Å². The highest BCUT2D eigenvalue weighted by Gasteiger charge is 2.13. The van der Waals surface area contributed by atoms with Gasteiger partial charge in [-0.05, 0) is 61.2 Å². The minimum absolute atomic E-state index is 0.209. The summed E-state index contributed by atoms with van der Waals surface area (Å²) in [4.78, 5) is 35.8. The minimum Gasteiger partial charge on any atom is -0.483 e. The summed E-state index contributed by atoms with van der Waals surface area (Å²) in [5.74, 6) is -1.32. The largest absolute Gasteiger partial charge is 0.483 e. The van der Waals surface area contributed by atoms with Crippen molar-refractivity contribution in [2.24, 2.45) is 11.0 Å². The lowest BCUT2D eigenvalue weighted by atomic mass is 10.1. The zero-order valence-electron chi connectivity index (χ0n) is 18.5. The van der Waals surface area contributed by atoms with Crippen LogP contribution in [0.2, 0.25) is 0 Å². The Morgan fingerprint density at radius 1 is 1.06 bits per heavy atom. The van der Waals surface area contributed by atoms with Crippen molar-refractivity contribution in [3.63, 3.8) is 0 Å². The Labute approximate surface area is 195 Å². The normalized spacial score (nSPS) is 10.8. The number of carbonyl (C=O) groups excluding carboxylic acids is 3. The van der Waals surface area contributed by atoms with Crippen LogP contribution >= 0.6 is 15.9 Å². The lowest BCUT2D eigenvalue weighted by molar-refractivity contribution is -0.139. The Morgan fingerprint density at radius 2 is 1.81 bits per heavy atom. The molecule has 0 bridgehead atoms. The molecule has 0 aliphatic carbocycles. The van der Waals surface area contributed by atoms with Gasteiger partial charge in [-0.3, -0.25) is 14.4 Å². The first kappa shape index (κ1) is 25.1. The van der Waals surface area contributed by atoms with Gasteiger partial charge in [0.25, 0.3) is 5.91 Å². The highest BCUT2D eigenvalue weighted by Crippen LogP contribution is 2.22. The summed E-state index contributed by atoms with van der Waals surface area (Å²) in [5.41, 5.74) is 5.60. The van der Waals surface area contributed by atoms with Crippen molar-refractivity contribution in [3.8, 4) is 5.75 Å². The summed E-state index contributed by atoms with van der Waals surface area (Å²) >= 11 is 3.36. The molecule has 2 aromatic carbocycles. The Bertz CT molecular complexity index is 1020. The predicted octanol–water partition coefficient (Wildman–Crippen LogP) is 3.31. The molecule has 3 amide bonds. The lowest BCUT2D eigenvalue weighted by Gasteiger charge is -2.11. The number of hydrazone groups is 1. The molecular formula is C23H27BrN4O4. The number of benzene rings is 2. The van der Waals surface area contributed by atoms with Crippen LogP contribution in [0.3, 0.4) is 0 Å². The van der Waals surface area contributed by atoms with Gasteiger partial charge >= 0.3 is 11.8 Å². The van der Waals surface area contributed by atoms with Crippen molar-refractivity contribution >= 4 is 45.6 Å². The number of hydrogen-bond acceptors (Lipinski definition) is 5. The van der Waals surface area contributed by atoms with Crippen molar-refractivity contribution < 1.29 is 19.1 Å². The van der Waals surface area contributed by atoms with Gasteiger partial charge in [-0.1, -0.05) is 35.8 Å². The number of amides is 3. The fourth-order valence-corrected chi connectivity index (χ4v) is 2.88. The molecular weight excluding hydrogens is 476 g/mol. The van der Waals surface area contributed by atoms with Gasteiger partial charge in [0, 0.05) is 22.3 Å². The first-order valence-electron chi connectivity index (χ1n) is 10.1. The van der Waals surface area contributed by atoms with Gasteiger partial charge in [-0.15, -0.1) is 0 Å². The standard InChI is InChI=1S/C23H27BrN4O4/c1-14(2)11-25-22(30)23(31)28-26-12-17-10-18(24)6-8-20(17)32-13-21(29)27-19-7-5-15(3)16(4)9-19/h5-10,12,14H,11,13H2,1-4H3,(H,25,30)(H,27,29)(H,28,31)/b26-12-. The van der Waals surface area contributed by atoms with E-state index in [0.29, 0.717) is 23.5 Å². The third-order valence-corrected chi connectivity index (χ3v) is 4.86. The molecule has 0 unspecified atom stereocenters. The molecule has 0 heterocycles. The Hall–Kier alpha value is -3.20. The summed E-state index contributed by atoms with van der Waals surface area (Å²) in [5, 5.41) is 9.12. The summed E-state index contributed by atoms with van der Waals surface area (Å²) in [6.45, 7) is 8.01. The molecule has 3 N–H and O–H groups in total. The second-order valence-corrected chi connectivity index (χ2v) is 8.54. The molecule has 32 heavy (non-hydrogen) atoms. The van der Waals surface area contributed by atoms with E-state index >= 15 is 0 Å². The van der Waals surface area contributed by atoms with E-state index in [2.05, 4.69) is 37.1 Å². The monoisotopic (exact) mass is 502 g/mol. The van der Waals surface area contributed by atoms with Crippen molar-refractivity contribution in [2.45, 2.75) is 27.7 Å². The molecule has 0 saturated carbocycles. The smallest absolute Gasteiger partial charge is 0.329 e. The second kappa shape index (κ2) is 12.0. The van der Waals surface area contributed by atoms with Gasteiger partial charge in [0.1, 0.15) is 5.75 Å². The Kier molecular flexibility index (Phi) is 9.39. The van der Waals surface area contributed by atoms with E-state index in [-0.39, 0.29) is 18.4 Å². The molecule has 8 nitrogen and oxygen atoms in total. The molecule has 9 heteroatoms. The third kappa shape index (κ3) is 8.14. The van der Waals surface area contributed by atoms with E-state index in [1.807, 2.05) is 45.9 Å². The van der Waals surface area contributed by atoms with Crippen LogP contribution in [0.15, 0.2) is 46.0 Å². The summed E-state index contributed by atoms with van der Waals surface area (Å²) in [6.07, 6.45) is 1.34. The third-order valence-electron chi connectivity index (χ3n) is 4.37. The fourth-order valence-electron chi connectivity index (χ4n) is 2.50. The van der Waals surface area contributed by atoms with Gasteiger partial charge in [0.15, 0.2) is 6.61 Å². The second-order valence-electron chi connectivity index (χ2n) is 7.62. The maximum absolute atomic E-state index is 12.3. The van der Waals surface area contributed by atoms with E-state index in [9.17, 15) is 14.4 Å². The number of halogens is 1. The van der Waals surface area contributed by atoms with Crippen LogP contribution in [0.1, 0.15) is 30.5 Å². The molecule has 2 rings (SSSR count). The number of nitrogens with zero attached hydrogens (tertiary/aromatic N) is 1. The molecule has 170 valence electrons. The van der Waals surface area contributed by atoms with E-state index in [0.717, 1.165) is 15.6 Å². The van der Waals surface area contributed by atoms with Crippen LogP contribution in [-0.2, 0) is 14.4 Å². The summed E-state index contributed by atoms with van der Waals surface area (Å²) in [6, 6.07) is 10.8. The van der Waals surface area contributed by atoms with Gasteiger partial charge in [0.2, 0.25) is 0 Å². The fraction of sp³-hybridized carbons (Fsp3) is 0.304. The highest BCUT2D eigenvalue weighted by atomic mass is 79.9. The first-order chi connectivity index (χ1) is 15.2. The molecule has 0 aliphatic rings. The number of aryl methyl sites for hydroxylation is 2. The number of carbonyl (C=O) groups is 3. The van der Waals surface area contributed by atoms with E-state index < -0.39 is 11.8 Å². The molecule has 0 aliphatic heterocycles. The number of rotatable bonds is 8. The predicted molar refractivity (Wildman–Crippen MR) is 128 cm³/mol. The van der Waals surface area contributed by atoms with Gasteiger partial charge in [0.05, 0.1) is 6.21 Å². The van der Waals surface area contributed by atoms with Crippen molar-refractivity contribution in [1.82, 2.24) is 10.7 Å². The number of anilines is 1. The van der Waals surface area contributed by atoms with Crippen LogP contribution in [0.5, 0.6) is 5.75 Å². The lowest BCUT2D eigenvalue weighted by Crippen LogP contribution is -2.39. The Balaban J connectivity index is 1.96. The topological polar surface area (TPSA) is 109 Å². The van der Waals surface area contributed by atoms with E-state index in [1.165, 1.54) is 6.21 Å². The number of ether oxygens (including phenoxy) is 1. The first-order valence-corrected chi connectivity index (χ1v) is 10.9. The van der Waals surface area contributed by atoms with Crippen LogP contribution < -0.4 is 20.8 Å². The maximum atomic E-state index is 12.3. The average Bonchev–Trinajstić information content (AvgIpc) is 2.73. The molecule has 0 aromatic heterocycles. The number of hydrogen-bond donors (Lipinski definition) is 3. The van der Waals surface area contributed by atoms with E-state index in [4.69, 9.17) is 4.74 Å². The van der Waals surface area contributed by atoms with E-state index in [1.54, 1.807) is 18.2 Å². The molecule has 0 fully saturated rings. The Morgan fingerprint density at radius 3 is 2.50 bits per heavy atom. The SMILES string of the molecule is Cc1ccc(NC(=O)COc2ccc(Br)cc2/C=N\NC(=O)C(=O)NCC(C)C)cc1C. The van der Waals surface area contributed by atoms with Crippen molar-refractivity contribution in [1.29, 1.82) is 0 Å². The molecule has 2 aromatic rings. The molecule has 0 atom stereocenters. The van der Waals surface area contributed by atoms with Gasteiger partial charge < -0.3 is 15.4 Å². The molecule has 0 saturated heterocycles. The van der Waals surface area contributed by atoms with Gasteiger partial charge in [-0.2, -0.15) is 5.10 Å². The maximum Gasteiger partial charge on any atom is 0.329 e.